The number of rotatable bonds is 4. The summed E-state index contributed by atoms with van der Waals surface area (Å²) in [6, 6.07) is 5.15. The van der Waals surface area contributed by atoms with Gasteiger partial charge in [-0.1, -0.05) is 6.07 Å². The van der Waals surface area contributed by atoms with Crippen LogP contribution in [0, 0.1) is 0 Å². The van der Waals surface area contributed by atoms with Crippen LogP contribution in [0.3, 0.4) is 0 Å². The first-order valence-electron chi connectivity index (χ1n) is 5.07. The van der Waals surface area contributed by atoms with Gasteiger partial charge in [0.15, 0.2) is 16.6 Å². The van der Waals surface area contributed by atoms with E-state index in [2.05, 4.69) is 12.2 Å². The van der Waals surface area contributed by atoms with Crippen LogP contribution in [-0.2, 0) is 11.2 Å². The number of carbonyl (C=O) groups is 1. The molecule has 0 unspecified atom stereocenters. The molecule has 0 aliphatic rings. The molecule has 6 nitrogen and oxygen atoms in total. The zero-order valence-corrected chi connectivity index (χ0v) is 11.0. The van der Waals surface area contributed by atoms with Crippen LogP contribution in [0.15, 0.2) is 18.2 Å². The highest BCUT2D eigenvalue weighted by Gasteiger charge is 2.14. The van der Waals surface area contributed by atoms with Gasteiger partial charge in [-0.15, -0.1) is 0 Å². The van der Waals surface area contributed by atoms with E-state index >= 15 is 0 Å². The molecule has 0 atom stereocenters. The van der Waals surface area contributed by atoms with Gasteiger partial charge in [0.05, 0.1) is 20.6 Å². The van der Waals surface area contributed by atoms with Crippen molar-refractivity contribution in [2.75, 3.05) is 14.2 Å². The Labute approximate surface area is 110 Å². The lowest BCUT2D eigenvalue weighted by atomic mass is 10.1. The molecule has 0 aromatic heterocycles. The third-order valence-electron chi connectivity index (χ3n) is 2.31. The van der Waals surface area contributed by atoms with Crippen LogP contribution in [0.25, 0.3) is 0 Å². The second-order valence-electron chi connectivity index (χ2n) is 3.47. The Morgan fingerprint density at radius 3 is 2.44 bits per heavy atom. The highest BCUT2D eigenvalue weighted by molar-refractivity contribution is 7.80. The molecule has 0 radical (unpaired) electrons. The van der Waals surface area contributed by atoms with Crippen LogP contribution in [0.5, 0.6) is 11.5 Å². The number of ether oxygens (including phenoxy) is 2. The normalized spacial score (nSPS) is 9.72. The monoisotopic (exact) mass is 269 g/mol. The lowest BCUT2D eigenvalue weighted by Crippen LogP contribution is -2.46. The number of hydrogen-bond acceptors (Lipinski definition) is 5. The molecule has 0 fully saturated rings. The standard InChI is InChI=1S/C11H15N3O3S/c1-16-8-4-3-7(5-9(8)17-2)6-10(15)14(13)11(12)18/h3-5H,6,13H2,1-2H3,(H2,12,18). The van der Waals surface area contributed by atoms with Crippen molar-refractivity contribution >= 4 is 23.2 Å². The molecule has 0 spiro atoms. The van der Waals surface area contributed by atoms with Crippen LogP contribution in [0.4, 0.5) is 0 Å². The summed E-state index contributed by atoms with van der Waals surface area (Å²) in [6.07, 6.45) is 0.0776. The summed E-state index contributed by atoms with van der Waals surface area (Å²) < 4.78 is 10.2. The van der Waals surface area contributed by atoms with Crippen LogP contribution in [0.1, 0.15) is 5.56 Å². The zero-order valence-electron chi connectivity index (χ0n) is 10.2. The predicted molar refractivity (Wildman–Crippen MR) is 71.1 cm³/mol. The van der Waals surface area contributed by atoms with Crippen molar-refractivity contribution < 1.29 is 14.3 Å². The van der Waals surface area contributed by atoms with Crippen molar-refractivity contribution in [2.45, 2.75) is 6.42 Å². The smallest absolute Gasteiger partial charge is 0.247 e. The Kier molecular flexibility index (Phi) is 4.87. The number of amides is 1. The Balaban J connectivity index is 2.86. The Morgan fingerprint density at radius 1 is 1.33 bits per heavy atom. The van der Waals surface area contributed by atoms with Crippen molar-refractivity contribution in [3.05, 3.63) is 23.8 Å². The van der Waals surface area contributed by atoms with Gasteiger partial charge in [-0.05, 0) is 29.9 Å². The summed E-state index contributed by atoms with van der Waals surface area (Å²) in [7, 11) is 3.06. The molecule has 7 heteroatoms. The fraction of sp³-hybridized carbons (Fsp3) is 0.273. The molecular formula is C11H15N3O3S. The van der Waals surface area contributed by atoms with Crippen LogP contribution in [0.2, 0.25) is 0 Å². The molecule has 0 saturated carbocycles. The number of hydrazine groups is 1. The van der Waals surface area contributed by atoms with Crippen LogP contribution in [-0.4, -0.2) is 30.2 Å². The lowest BCUT2D eigenvalue weighted by Gasteiger charge is -2.14. The number of thiocarbonyl (C=S) groups is 1. The molecule has 1 amide bonds. The summed E-state index contributed by atoms with van der Waals surface area (Å²) in [5.74, 6) is 6.14. The van der Waals surface area contributed by atoms with Gasteiger partial charge in [0.25, 0.3) is 0 Å². The van der Waals surface area contributed by atoms with Gasteiger partial charge in [-0.25, -0.2) is 10.9 Å². The maximum absolute atomic E-state index is 11.7. The third kappa shape index (κ3) is 3.31. The highest BCUT2D eigenvalue weighted by Crippen LogP contribution is 2.27. The van der Waals surface area contributed by atoms with Gasteiger partial charge in [0, 0.05) is 0 Å². The quantitative estimate of drug-likeness (QED) is 0.351. The van der Waals surface area contributed by atoms with Gasteiger partial charge >= 0.3 is 0 Å². The number of benzene rings is 1. The molecule has 0 saturated heterocycles. The predicted octanol–water partition coefficient (Wildman–Crippen LogP) is 0.192. The van der Waals surface area contributed by atoms with Gasteiger partial charge in [0.2, 0.25) is 5.91 Å². The molecule has 98 valence electrons. The second-order valence-corrected chi connectivity index (χ2v) is 3.89. The average Bonchev–Trinajstić information content (AvgIpc) is 2.37. The summed E-state index contributed by atoms with van der Waals surface area (Å²) in [5.41, 5.74) is 5.99. The van der Waals surface area contributed by atoms with E-state index in [0.717, 1.165) is 10.6 Å². The van der Waals surface area contributed by atoms with Gasteiger partial charge in [-0.2, -0.15) is 0 Å². The summed E-state index contributed by atoms with van der Waals surface area (Å²) >= 11 is 4.61. The van der Waals surface area contributed by atoms with Crippen molar-refractivity contribution in [3.8, 4) is 11.5 Å². The van der Waals surface area contributed by atoms with Crippen molar-refractivity contribution in [2.24, 2.45) is 11.6 Å². The molecule has 1 aromatic rings. The van der Waals surface area contributed by atoms with E-state index in [1.54, 1.807) is 18.2 Å². The fourth-order valence-corrected chi connectivity index (χ4v) is 1.48. The maximum Gasteiger partial charge on any atom is 0.247 e. The van der Waals surface area contributed by atoms with E-state index in [1.165, 1.54) is 14.2 Å². The van der Waals surface area contributed by atoms with E-state index in [-0.39, 0.29) is 11.5 Å². The molecule has 18 heavy (non-hydrogen) atoms. The highest BCUT2D eigenvalue weighted by atomic mass is 32.1. The first kappa shape index (κ1) is 14.2. The topological polar surface area (TPSA) is 90.8 Å². The molecule has 4 N–H and O–H groups in total. The fourth-order valence-electron chi connectivity index (χ4n) is 1.37. The van der Waals surface area contributed by atoms with Crippen molar-refractivity contribution in [1.82, 2.24) is 5.01 Å². The van der Waals surface area contributed by atoms with Crippen molar-refractivity contribution in [3.63, 3.8) is 0 Å². The molecule has 0 heterocycles. The van der Waals surface area contributed by atoms with Crippen LogP contribution >= 0.6 is 12.2 Å². The molecule has 1 rings (SSSR count). The molecule has 1 aromatic carbocycles. The van der Waals surface area contributed by atoms with E-state index < -0.39 is 5.91 Å². The number of methoxy groups -OCH3 is 2. The minimum absolute atomic E-state index is 0.0776. The minimum atomic E-state index is -0.394. The Hall–Kier alpha value is -1.86. The van der Waals surface area contributed by atoms with E-state index in [0.29, 0.717) is 11.5 Å². The summed E-state index contributed by atoms with van der Waals surface area (Å²) in [5, 5.41) is 0.576. The number of hydrogen-bond donors (Lipinski definition) is 2. The van der Waals surface area contributed by atoms with E-state index in [4.69, 9.17) is 21.1 Å². The maximum atomic E-state index is 11.7. The van der Waals surface area contributed by atoms with Crippen LogP contribution < -0.4 is 21.1 Å². The number of nitrogens with two attached hydrogens (primary N) is 2. The van der Waals surface area contributed by atoms with Gasteiger partial charge < -0.3 is 15.2 Å². The first-order valence-corrected chi connectivity index (χ1v) is 5.48. The molecule has 0 aliphatic heterocycles. The summed E-state index contributed by atoms with van der Waals surface area (Å²) in [4.78, 5) is 11.7. The lowest BCUT2D eigenvalue weighted by molar-refractivity contribution is -0.126. The average molecular weight is 269 g/mol. The van der Waals surface area contributed by atoms with Gasteiger partial charge in [-0.3, -0.25) is 4.79 Å². The van der Waals surface area contributed by atoms with Gasteiger partial charge in [0.1, 0.15) is 0 Å². The molecule has 0 bridgehead atoms. The largest absolute Gasteiger partial charge is 0.493 e. The second kappa shape index (κ2) is 6.18. The molecular weight excluding hydrogens is 254 g/mol. The minimum Gasteiger partial charge on any atom is -0.493 e. The molecule has 0 aliphatic carbocycles. The SMILES string of the molecule is COc1ccc(CC(=O)N(N)C(N)=S)cc1OC. The third-order valence-corrected chi connectivity index (χ3v) is 2.51. The van der Waals surface area contributed by atoms with Crippen molar-refractivity contribution in [1.29, 1.82) is 0 Å². The van der Waals surface area contributed by atoms with E-state index in [1.807, 2.05) is 0 Å². The Bertz CT molecular complexity index is 465. The number of carbonyl (C=O) groups excluding carboxylic acids is 1. The zero-order chi connectivity index (χ0) is 13.7. The summed E-state index contributed by atoms with van der Waals surface area (Å²) in [6.45, 7) is 0. The number of nitrogens with zero attached hydrogens (tertiary/aromatic N) is 1. The first-order chi connectivity index (χ1) is 8.49. The van der Waals surface area contributed by atoms with E-state index in [9.17, 15) is 4.79 Å². The Morgan fingerprint density at radius 2 is 1.94 bits per heavy atom.